The second kappa shape index (κ2) is 12.8. The van der Waals surface area contributed by atoms with E-state index in [2.05, 4.69) is 83.1 Å². The van der Waals surface area contributed by atoms with Crippen LogP contribution in [0.5, 0.6) is 0 Å². The van der Waals surface area contributed by atoms with Crippen LogP contribution in [-0.2, 0) is 17.3 Å². The average molecular weight is 448 g/mol. The van der Waals surface area contributed by atoms with Crippen molar-refractivity contribution in [2.75, 3.05) is 0 Å². The Morgan fingerprint density at radius 3 is 0.667 bits per heavy atom. The molecule has 0 saturated heterocycles. The Hall–Kier alpha value is 0.778. The molecule has 0 aliphatic carbocycles. The topological polar surface area (TPSA) is 23.9 Å². The van der Waals surface area contributed by atoms with E-state index in [9.17, 15) is 0 Å². The van der Waals surface area contributed by atoms with Crippen LogP contribution in [0.2, 0.25) is 0 Å². The van der Waals surface area contributed by atoms with E-state index in [1.165, 1.54) is 0 Å². The van der Waals surface area contributed by atoms with Crippen molar-refractivity contribution >= 4 is 9.42 Å². The third-order valence-electron chi connectivity index (χ3n) is 0. The molecule has 0 heterocycles. The first kappa shape index (κ1) is 27.2. The quantitative estimate of drug-likeness (QED) is 0.405. The summed E-state index contributed by atoms with van der Waals surface area (Å²) in [5.74, 6) is 0. The summed E-state index contributed by atoms with van der Waals surface area (Å²) in [6.07, 6.45) is 0. The number of nitrogens with one attached hydrogen (secondary N) is 1. The SMILES string of the molecule is [CH2-]C(C)(C)C.[CH2-]C(C)(C)C.[CH2-]C(C)(C)C.[NH]=[W][Cl]. The van der Waals surface area contributed by atoms with Crippen molar-refractivity contribution in [3.8, 4) is 0 Å². The number of rotatable bonds is 0. The molecule has 0 fully saturated rings. The molecule has 0 spiro atoms. The molecule has 0 rings (SSSR count). The van der Waals surface area contributed by atoms with Crippen LogP contribution in [0, 0.1) is 40.9 Å². The van der Waals surface area contributed by atoms with E-state index in [4.69, 9.17) is 13.3 Å². The second-order valence-electron chi connectivity index (χ2n) is 7.76. The molecule has 115 valence electrons. The predicted octanol–water partition coefficient (Wildman–Crippen LogP) is 6.58. The Labute approximate surface area is 130 Å². The second-order valence-corrected chi connectivity index (χ2v) is 9.58. The predicted molar refractivity (Wildman–Crippen MR) is 83.0 cm³/mol. The van der Waals surface area contributed by atoms with Crippen LogP contribution >= 0.6 is 9.42 Å². The molecule has 1 N–H and O–H groups in total. The van der Waals surface area contributed by atoms with E-state index in [1.54, 1.807) is 0 Å². The summed E-state index contributed by atoms with van der Waals surface area (Å²) in [5.41, 5.74) is 0.750. The molecule has 3 heteroatoms. The molecule has 0 atom stereocenters. The fourth-order valence-electron chi connectivity index (χ4n) is 0. The van der Waals surface area contributed by atoms with Gasteiger partial charge in [0.25, 0.3) is 0 Å². The maximum atomic E-state index is 6.14. The summed E-state index contributed by atoms with van der Waals surface area (Å²) >= 11 is -1.03. The van der Waals surface area contributed by atoms with Crippen LogP contribution in [0.25, 0.3) is 0 Å². The standard InChI is InChI=1S/3C5H11.ClH.HN.W/c3*1-5(2,3)4;;;/h3*1H2,2-4H3;2*1H;/q3*-1;;;+1/p-1. The Bertz CT molecular complexity index is 124. The van der Waals surface area contributed by atoms with Crippen LogP contribution < -0.4 is 0 Å². The van der Waals surface area contributed by atoms with Crippen LogP contribution in [0.15, 0.2) is 0 Å². The molecule has 0 bridgehead atoms. The molecule has 0 aliphatic rings. The van der Waals surface area contributed by atoms with E-state index in [0.29, 0.717) is 0 Å². The molecule has 0 aromatic heterocycles. The molecule has 0 amide bonds. The molecule has 0 aliphatic heterocycles. The van der Waals surface area contributed by atoms with Crippen molar-refractivity contribution < 1.29 is 17.3 Å². The summed E-state index contributed by atoms with van der Waals surface area (Å²) in [4.78, 5) is 0. The normalized spacial score (nSPS) is 10.7. The maximum absolute atomic E-state index is 6.14. The fraction of sp³-hybridized carbons (Fsp3) is 0.800. The molecule has 18 heavy (non-hydrogen) atoms. The number of hydrogen-bond acceptors (Lipinski definition) is 1. The average Bonchev–Trinajstić information content (AvgIpc) is 1.71. The summed E-state index contributed by atoms with van der Waals surface area (Å²) in [7, 11) is 4.83. The van der Waals surface area contributed by atoms with Gasteiger partial charge in [0.1, 0.15) is 0 Å². The van der Waals surface area contributed by atoms with E-state index in [-0.39, 0.29) is 16.2 Å². The first-order chi connectivity index (χ1) is 7.41. The van der Waals surface area contributed by atoms with Crippen molar-refractivity contribution in [2.24, 2.45) is 16.2 Å². The van der Waals surface area contributed by atoms with Gasteiger partial charge in [-0.3, -0.25) is 0 Å². The van der Waals surface area contributed by atoms with Crippen molar-refractivity contribution in [1.29, 1.82) is 3.91 Å². The fourth-order valence-corrected chi connectivity index (χ4v) is 0. The summed E-state index contributed by atoms with van der Waals surface area (Å²) in [5, 5.41) is 0. The van der Waals surface area contributed by atoms with Crippen molar-refractivity contribution in [1.82, 2.24) is 0 Å². The third-order valence-corrected chi connectivity index (χ3v) is 0. The third kappa shape index (κ3) is 6900. The molecule has 0 aromatic rings. The zero-order valence-corrected chi connectivity index (χ0v) is 17.6. The number of halogens is 1. The van der Waals surface area contributed by atoms with Gasteiger partial charge in [0.05, 0.1) is 0 Å². The van der Waals surface area contributed by atoms with Crippen LogP contribution in [0.4, 0.5) is 0 Å². The van der Waals surface area contributed by atoms with E-state index in [1.807, 2.05) is 0 Å². The van der Waals surface area contributed by atoms with Gasteiger partial charge in [-0.25, -0.2) is 0 Å². The Kier molecular flexibility index (Phi) is 19.3. The number of hydrogen-bond donors (Lipinski definition) is 1. The summed E-state index contributed by atoms with van der Waals surface area (Å²) in [6.45, 7) is 30.0. The van der Waals surface area contributed by atoms with Gasteiger partial charge in [0.15, 0.2) is 0 Å². The van der Waals surface area contributed by atoms with Crippen LogP contribution in [0.1, 0.15) is 62.3 Å². The molecule has 0 aromatic carbocycles. The van der Waals surface area contributed by atoms with Gasteiger partial charge in [-0.15, -0.1) is 0 Å². The van der Waals surface area contributed by atoms with Gasteiger partial charge in [0.2, 0.25) is 0 Å². The molecule has 1 nitrogen and oxygen atoms in total. The molecule has 0 saturated carbocycles. The van der Waals surface area contributed by atoms with Gasteiger partial charge in [-0.05, 0) is 0 Å². The first-order valence-corrected chi connectivity index (χ1v) is 11.0. The Balaban J connectivity index is -0.0000000739. The van der Waals surface area contributed by atoms with Crippen molar-refractivity contribution in [2.45, 2.75) is 62.3 Å². The summed E-state index contributed by atoms with van der Waals surface area (Å²) in [6, 6.07) is 0. The zero-order chi connectivity index (χ0) is 16.2. The first-order valence-electron chi connectivity index (χ1n) is 5.92. The zero-order valence-electron chi connectivity index (χ0n) is 13.9. The van der Waals surface area contributed by atoms with E-state index in [0.717, 1.165) is 0 Å². The van der Waals surface area contributed by atoms with Crippen molar-refractivity contribution in [3.63, 3.8) is 0 Å². The van der Waals surface area contributed by atoms with E-state index >= 15 is 0 Å². The Morgan fingerprint density at radius 2 is 0.667 bits per heavy atom. The van der Waals surface area contributed by atoms with E-state index < -0.39 is 17.3 Å². The molecule has 0 radical (unpaired) electrons. The minimum atomic E-state index is -1.03. The minimum absolute atomic E-state index is 0.250. The monoisotopic (exact) mass is 447 g/mol. The summed E-state index contributed by atoms with van der Waals surface area (Å²) < 4.78 is 6.14. The van der Waals surface area contributed by atoms with Crippen molar-refractivity contribution in [3.05, 3.63) is 20.8 Å². The van der Waals surface area contributed by atoms with Gasteiger partial charge >= 0.3 is 30.7 Å². The Morgan fingerprint density at radius 1 is 0.667 bits per heavy atom. The molecular weight excluding hydrogens is 413 g/mol. The van der Waals surface area contributed by atoms with Gasteiger partial charge < -0.3 is 20.8 Å². The van der Waals surface area contributed by atoms with Crippen LogP contribution in [-0.4, -0.2) is 0 Å². The van der Waals surface area contributed by atoms with Gasteiger partial charge in [0, 0.05) is 0 Å². The van der Waals surface area contributed by atoms with Gasteiger partial charge in [-0.2, -0.15) is 16.2 Å². The molecule has 0 unspecified atom stereocenters. The van der Waals surface area contributed by atoms with Gasteiger partial charge in [-0.1, -0.05) is 62.3 Å². The molecular formula is C15H34ClNW-3. The van der Waals surface area contributed by atoms with Crippen LogP contribution in [0.3, 0.4) is 0 Å².